The van der Waals surface area contributed by atoms with E-state index < -0.39 is 17.5 Å². The lowest BCUT2D eigenvalue weighted by molar-refractivity contribution is -0.127. The average molecular weight is 474 g/mol. The third-order valence-corrected chi connectivity index (χ3v) is 6.26. The summed E-state index contributed by atoms with van der Waals surface area (Å²) in [4.78, 5) is 26.7. The van der Waals surface area contributed by atoms with Gasteiger partial charge in [-0.15, -0.1) is 0 Å². The summed E-state index contributed by atoms with van der Waals surface area (Å²) in [6.45, 7) is 4.36. The molecule has 9 heteroatoms. The maximum Gasteiger partial charge on any atom is 0.288 e. The standard InChI is InChI=1S/C26H24FN5O3/c1-2-20(33)31-14-6-7-17(15-31)32-23-22(25(28)29-30-26(23)34)21(24(32)27)16-10-12-19(13-11-16)35-18-8-4-3-5-9-18/h2-5,8-13,17H,1,6-7,14-15H2,(H2,28,29)(H,30,34)/t17-/m1/s1. The Bertz CT molecular complexity index is 1460. The van der Waals surface area contributed by atoms with E-state index in [4.69, 9.17) is 10.5 Å². The molecule has 0 radical (unpaired) electrons. The van der Waals surface area contributed by atoms with Gasteiger partial charge in [0.15, 0.2) is 5.82 Å². The molecule has 0 unspecified atom stereocenters. The monoisotopic (exact) mass is 473 g/mol. The highest BCUT2D eigenvalue weighted by atomic mass is 19.1. The minimum Gasteiger partial charge on any atom is -0.457 e. The molecule has 0 saturated carbocycles. The molecule has 2 aromatic heterocycles. The first-order valence-electron chi connectivity index (χ1n) is 11.3. The number of fused-ring (bicyclic) bond motifs is 1. The molecule has 0 bridgehead atoms. The summed E-state index contributed by atoms with van der Waals surface area (Å²) in [5.74, 6) is 0.459. The van der Waals surface area contributed by atoms with Gasteiger partial charge in [0, 0.05) is 18.7 Å². The van der Waals surface area contributed by atoms with Crippen LogP contribution in [-0.4, -0.2) is 38.7 Å². The van der Waals surface area contributed by atoms with Gasteiger partial charge < -0.3 is 19.9 Å². The number of nitrogen functional groups attached to an aromatic ring is 1. The van der Waals surface area contributed by atoms with Crippen molar-refractivity contribution in [3.05, 3.63) is 83.6 Å². The van der Waals surface area contributed by atoms with E-state index in [2.05, 4.69) is 16.8 Å². The number of nitrogens with zero attached hydrogens (tertiary/aromatic N) is 3. The van der Waals surface area contributed by atoms with Crippen LogP contribution in [0, 0.1) is 5.95 Å². The van der Waals surface area contributed by atoms with Gasteiger partial charge in [-0.25, -0.2) is 5.10 Å². The third-order valence-electron chi connectivity index (χ3n) is 6.26. The summed E-state index contributed by atoms with van der Waals surface area (Å²) in [6.07, 6.45) is 2.51. The molecule has 35 heavy (non-hydrogen) atoms. The molecule has 1 amide bonds. The molecule has 5 rings (SSSR count). The van der Waals surface area contributed by atoms with Crippen molar-refractivity contribution in [2.75, 3.05) is 18.8 Å². The number of rotatable bonds is 5. The van der Waals surface area contributed by atoms with E-state index in [9.17, 15) is 9.59 Å². The highest BCUT2D eigenvalue weighted by molar-refractivity contribution is 6.02. The van der Waals surface area contributed by atoms with Crippen molar-refractivity contribution in [1.82, 2.24) is 19.7 Å². The first-order chi connectivity index (χ1) is 17.0. The van der Waals surface area contributed by atoms with E-state index in [1.807, 2.05) is 30.3 Å². The maximum atomic E-state index is 16.1. The van der Waals surface area contributed by atoms with Gasteiger partial charge in [0.1, 0.15) is 17.0 Å². The van der Waals surface area contributed by atoms with Gasteiger partial charge in [0.05, 0.1) is 11.4 Å². The summed E-state index contributed by atoms with van der Waals surface area (Å²) in [5, 5.41) is 6.49. The molecule has 2 aromatic carbocycles. The largest absolute Gasteiger partial charge is 0.457 e. The van der Waals surface area contributed by atoms with Crippen molar-refractivity contribution in [2.45, 2.75) is 18.9 Å². The first kappa shape index (κ1) is 22.4. The van der Waals surface area contributed by atoms with Gasteiger partial charge in [0.2, 0.25) is 11.9 Å². The van der Waals surface area contributed by atoms with Gasteiger partial charge >= 0.3 is 0 Å². The topological polar surface area (TPSA) is 106 Å². The second-order valence-electron chi connectivity index (χ2n) is 8.42. The predicted molar refractivity (Wildman–Crippen MR) is 132 cm³/mol. The number of ether oxygens (including phenoxy) is 1. The Hall–Kier alpha value is -4.40. The Kier molecular flexibility index (Phi) is 5.82. The molecule has 1 atom stereocenters. The van der Waals surface area contributed by atoms with E-state index in [-0.39, 0.29) is 34.7 Å². The van der Waals surface area contributed by atoms with E-state index in [0.29, 0.717) is 36.4 Å². The number of amides is 1. The molecule has 178 valence electrons. The maximum absolute atomic E-state index is 16.1. The van der Waals surface area contributed by atoms with Crippen molar-refractivity contribution in [2.24, 2.45) is 0 Å². The van der Waals surface area contributed by atoms with Crippen LogP contribution in [0.3, 0.4) is 0 Å². The number of likely N-dealkylation sites (tertiary alicyclic amines) is 1. The molecule has 4 aromatic rings. The second-order valence-corrected chi connectivity index (χ2v) is 8.42. The number of para-hydroxylation sites is 1. The molecule has 3 N–H and O–H groups in total. The van der Waals surface area contributed by atoms with Crippen LogP contribution >= 0.6 is 0 Å². The van der Waals surface area contributed by atoms with Crippen molar-refractivity contribution >= 4 is 22.6 Å². The van der Waals surface area contributed by atoms with E-state index in [1.54, 1.807) is 29.2 Å². The van der Waals surface area contributed by atoms with Crippen LogP contribution < -0.4 is 16.0 Å². The molecule has 0 spiro atoms. The number of hydrogen-bond donors (Lipinski definition) is 2. The number of H-pyrrole nitrogens is 1. The summed E-state index contributed by atoms with van der Waals surface area (Å²) in [5.41, 5.74) is 6.42. The highest BCUT2D eigenvalue weighted by Gasteiger charge is 2.31. The van der Waals surface area contributed by atoms with E-state index in [1.165, 1.54) is 10.6 Å². The number of aromatic amines is 1. The van der Waals surface area contributed by atoms with Crippen molar-refractivity contribution < 1.29 is 13.9 Å². The molecule has 1 aliphatic rings. The fourth-order valence-corrected chi connectivity index (χ4v) is 4.67. The fourth-order valence-electron chi connectivity index (χ4n) is 4.67. The molecule has 3 heterocycles. The zero-order chi connectivity index (χ0) is 24.5. The summed E-state index contributed by atoms with van der Waals surface area (Å²) < 4.78 is 23.3. The van der Waals surface area contributed by atoms with Crippen LogP contribution in [0.15, 0.2) is 72.0 Å². The van der Waals surface area contributed by atoms with Crippen LogP contribution in [0.4, 0.5) is 10.2 Å². The fraction of sp³-hybridized carbons (Fsp3) is 0.192. The minimum absolute atomic E-state index is 0.0201. The van der Waals surface area contributed by atoms with Crippen molar-refractivity contribution in [3.8, 4) is 22.6 Å². The highest BCUT2D eigenvalue weighted by Crippen LogP contribution is 2.39. The SMILES string of the molecule is C=CC(=O)N1CCC[C@@H](n2c(F)c(-c3ccc(Oc4ccccc4)cc3)c3c(N)n[nH]c(=O)c32)C1. The van der Waals surface area contributed by atoms with Crippen LogP contribution in [-0.2, 0) is 4.79 Å². The molecule has 1 aliphatic heterocycles. The molecule has 1 saturated heterocycles. The van der Waals surface area contributed by atoms with Crippen LogP contribution in [0.1, 0.15) is 18.9 Å². The predicted octanol–water partition coefficient (Wildman–Crippen LogP) is 4.25. The summed E-state index contributed by atoms with van der Waals surface area (Å²) in [7, 11) is 0. The van der Waals surface area contributed by atoms with Crippen molar-refractivity contribution in [1.29, 1.82) is 0 Å². The van der Waals surface area contributed by atoms with E-state index >= 15 is 4.39 Å². The Balaban J connectivity index is 1.60. The van der Waals surface area contributed by atoms with Gasteiger partial charge in [-0.2, -0.15) is 9.49 Å². The number of anilines is 1. The minimum atomic E-state index is -0.597. The number of carbonyl (C=O) groups excluding carboxylic acids is 1. The molecule has 1 fully saturated rings. The second kappa shape index (κ2) is 9.09. The Morgan fingerprint density at radius 3 is 2.60 bits per heavy atom. The zero-order valence-electron chi connectivity index (χ0n) is 18.9. The van der Waals surface area contributed by atoms with E-state index in [0.717, 1.165) is 0 Å². The zero-order valence-corrected chi connectivity index (χ0v) is 18.9. The smallest absolute Gasteiger partial charge is 0.288 e. The van der Waals surface area contributed by atoms with Gasteiger partial charge in [-0.1, -0.05) is 36.9 Å². The summed E-state index contributed by atoms with van der Waals surface area (Å²) in [6, 6.07) is 15.8. The number of benzene rings is 2. The number of hydrogen-bond acceptors (Lipinski definition) is 5. The number of piperidine rings is 1. The first-order valence-corrected chi connectivity index (χ1v) is 11.3. The van der Waals surface area contributed by atoms with Crippen molar-refractivity contribution in [3.63, 3.8) is 0 Å². The van der Waals surface area contributed by atoms with Crippen LogP contribution in [0.5, 0.6) is 11.5 Å². The molecular weight excluding hydrogens is 449 g/mol. The average Bonchev–Trinajstić information content (AvgIpc) is 3.21. The molecule has 0 aliphatic carbocycles. The molecular formula is C26H24FN5O3. The van der Waals surface area contributed by atoms with Gasteiger partial charge in [-0.05, 0) is 48.7 Å². The van der Waals surface area contributed by atoms with Gasteiger partial charge in [-0.3, -0.25) is 9.59 Å². The lowest BCUT2D eigenvalue weighted by Crippen LogP contribution is -2.40. The Morgan fingerprint density at radius 2 is 1.89 bits per heavy atom. The quantitative estimate of drug-likeness (QED) is 0.422. The molecule has 8 nitrogen and oxygen atoms in total. The number of nitrogens with one attached hydrogen (secondary N) is 1. The Labute approximate surface area is 200 Å². The lowest BCUT2D eigenvalue weighted by atomic mass is 10.0. The summed E-state index contributed by atoms with van der Waals surface area (Å²) >= 11 is 0. The Morgan fingerprint density at radius 1 is 1.17 bits per heavy atom. The third kappa shape index (κ3) is 4.05. The van der Waals surface area contributed by atoms with Crippen LogP contribution in [0.2, 0.25) is 0 Å². The normalized spacial score (nSPS) is 15.8. The number of halogens is 1. The van der Waals surface area contributed by atoms with Crippen LogP contribution in [0.25, 0.3) is 22.0 Å². The lowest BCUT2D eigenvalue weighted by Gasteiger charge is -2.33. The number of carbonyl (C=O) groups is 1. The number of aromatic nitrogens is 3. The van der Waals surface area contributed by atoms with Gasteiger partial charge in [0.25, 0.3) is 5.56 Å². The number of nitrogens with two attached hydrogens (primary N) is 1.